The summed E-state index contributed by atoms with van der Waals surface area (Å²) in [6, 6.07) is 8.27. The lowest BCUT2D eigenvalue weighted by atomic mass is 9.50. The van der Waals surface area contributed by atoms with Crippen molar-refractivity contribution in [2.24, 2.45) is 0 Å². The Hall–Kier alpha value is -4.47. The van der Waals surface area contributed by atoms with E-state index in [-0.39, 0.29) is 30.9 Å². The number of amides is 3. The minimum atomic E-state index is -0.913. The van der Waals surface area contributed by atoms with Gasteiger partial charge >= 0.3 is 5.97 Å². The molecule has 0 bridgehead atoms. The smallest absolute Gasteiger partial charge is 0.330 e. The van der Waals surface area contributed by atoms with Gasteiger partial charge in [0.1, 0.15) is 11.9 Å². The second kappa shape index (κ2) is 18.6. The van der Waals surface area contributed by atoms with Crippen LogP contribution in [0.25, 0.3) is 0 Å². The second-order valence-electron chi connectivity index (χ2n) is 12.1. The Labute approximate surface area is 275 Å². The molecule has 252 valence electrons. The summed E-state index contributed by atoms with van der Waals surface area (Å²) in [7, 11) is 1.19. The molecule has 0 spiro atoms. The number of benzene rings is 2. The first-order valence-corrected chi connectivity index (χ1v) is 16.0. The van der Waals surface area contributed by atoms with E-state index in [1.165, 1.54) is 80.4 Å². The van der Waals surface area contributed by atoms with E-state index in [2.05, 4.69) is 27.0 Å². The fraction of sp³-hybridized carbons (Fsp3) is 0.500. The lowest BCUT2D eigenvalue weighted by Gasteiger charge is -2.37. The summed E-state index contributed by atoms with van der Waals surface area (Å²) in [5, 5.41) is 10.7. The molecular formula is C34H43BF2N4O6. The van der Waals surface area contributed by atoms with Gasteiger partial charge < -0.3 is 19.9 Å². The van der Waals surface area contributed by atoms with Gasteiger partial charge in [0, 0.05) is 47.3 Å². The molecule has 2 aromatic carbocycles. The molecule has 1 unspecified atom stereocenters. The van der Waals surface area contributed by atoms with Crippen molar-refractivity contribution in [1.82, 2.24) is 9.80 Å². The summed E-state index contributed by atoms with van der Waals surface area (Å²) in [5.74, 6) is 0.949. The van der Waals surface area contributed by atoms with Gasteiger partial charge in [-0.1, -0.05) is 62.4 Å². The fourth-order valence-electron chi connectivity index (χ4n) is 6.15. The van der Waals surface area contributed by atoms with Gasteiger partial charge in [0.05, 0.1) is 13.7 Å². The highest BCUT2D eigenvalue weighted by molar-refractivity contribution is 6.67. The number of carbonyl (C=O) groups excluding carboxylic acids is 4. The van der Waals surface area contributed by atoms with Crippen LogP contribution < -0.4 is 10.3 Å². The monoisotopic (exact) mass is 652 g/mol. The topological polar surface area (TPSA) is 129 Å². The first-order chi connectivity index (χ1) is 22.6. The molecule has 1 atom stereocenters. The Balaban J connectivity index is 0.000000227. The average Bonchev–Trinajstić information content (AvgIpc) is 3.62. The van der Waals surface area contributed by atoms with Crippen molar-refractivity contribution in [3.63, 3.8) is 0 Å². The Morgan fingerprint density at radius 1 is 1.04 bits per heavy atom. The molecule has 47 heavy (non-hydrogen) atoms. The molecule has 2 aromatic rings. The van der Waals surface area contributed by atoms with Crippen LogP contribution in [-0.2, 0) is 19.1 Å². The number of hydrogen-bond acceptors (Lipinski definition) is 7. The number of nitrogens with one attached hydrogen (secondary N) is 1. The number of anilines is 1. The summed E-state index contributed by atoms with van der Waals surface area (Å²) in [6.07, 6.45) is 11.5. The molecule has 2 saturated heterocycles. The van der Waals surface area contributed by atoms with Gasteiger partial charge in [-0.3, -0.25) is 19.3 Å². The molecule has 0 aromatic heterocycles. The lowest BCUT2D eigenvalue weighted by Crippen LogP contribution is -2.57. The van der Waals surface area contributed by atoms with Crippen molar-refractivity contribution in [3.8, 4) is 11.7 Å². The van der Waals surface area contributed by atoms with Crippen LogP contribution in [0, 0.1) is 24.0 Å². The van der Waals surface area contributed by atoms with Crippen LogP contribution >= 0.6 is 0 Å². The van der Waals surface area contributed by atoms with Gasteiger partial charge in [-0.25, -0.2) is 14.4 Å². The molecule has 5 rings (SSSR count). The predicted octanol–water partition coefficient (Wildman–Crippen LogP) is 5.88. The molecule has 13 heteroatoms. The minimum Gasteiger partial charge on any atom is -0.467 e. The Morgan fingerprint density at radius 2 is 1.74 bits per heavy atom. The SMILES string of the molecule is COC(=O)C1CN(C(=O)c2cc(F)cc(NC(C)=O)c2)CCN1C=O.Cc1ccc(OF)c(C2CCCCC2)c1.N#CB1CCCC1. The van der Waals surface area contributed by atoms with Crippen LogP contribution in [0.2, 0.25) is 12.6 Å². The molecule has 1 saturated carbocycles. The first kappa shape index (κ1) is 37.0. The van der Waals surface area contributed by atoms with Crippen LogP contribution in [0.1, 0.15) is 79.3 Å². The number of aryl methyl sites for hydroxylation is 1. The molecule has 2 aliphatic heterocycles. The maximum atomic E-state index is 13.7. The van der Waals surface area contributed by atoms with Crippen LogP contribution in [0.5, 0.6) is 5.75 Å². The van der Waals surface area contributed by atoms with E-state index in [1.54, 1.807) is 6.07 Å². The van der Waals surface area contributed by atoms with Crippen molar-refractivity contribution >= 4 is 36.6 Å². The molecule has 10 nitrogen and oxygen atoms in total. The molecular weight excluding hydrogens is 609 g/mol. The third kappa shape index (κ3) is 11.1. The van der Waals surface area contributed by atoms with Gasteiger partial charge in [0.25, 0.3) is 12.6 Å². The molecule has 1 N–H and O–H groups in total. The number of ether oxygens (including phenoxy) is 1. The first-order valence-electron chi connectivity index (χ1n) is 16.0. The quantitative estimate of drug-likeness (QED) is 0.234. The Kier molecular flexibility index (Phi) is 14.7. The molecule has 0 radical (unpaired) electrons. The number of nitrogens with zero attached hydrogens (tertiary/aromatic N) is 3. The van der Waals surface area contributed by atoms with E-state index >= 15 is 0 Å². The Bertz CT molecular complexity index is 1430. The van der Waals surface area contributed by atoms with Gasteiger partial charge in [-0.05, 0) is 49.9 Å². The number of nitriles is 1. The van der Waals surface area contributed by atoms with Crippen LogP contribution in [-0.4, -0.2) is 73.5 Å². The molecule has 3 fully saturated rings. The number of halogens is 2. The van der Waals surface area contributed by atoms with E-state index in [0.29, 0.717) is 24.8 Å². The number of rotatable bonds is 6. The Morgan fingerprint density at radius 3 is 2.32 bits per heavy atom. The van der Waals surface area contributed by atoms with Crippen molar-refractivity contribution in [3.05, 3.63) is 58.9 Å². The van der Waals surface area contributed by atoms with Gasteiger partial charge in [0.15, 0.2) is 5.75 Å². The summed E-state index contributed by atoms with van der Waals surface area (Å²) in [4.78, 5) is 53.1. The molecule has 1 aliphatic carbocycles. The fourth-order valence-corrected chi connectivity index (χ4v) is 6.15. The van der Waals surface area contributed by atoms with E-state index in [0.717, 1.165) is 30.3 Å². The highest BCUT2D eigenvalue weighted by Gasteiger charge is 2.35. The number of piperazine rings is 1. The second-order valence-corrected chi connectivity index (χ2v) is 12.1. The van der Waals surface area contributed by atoms with Gasteiger partial charge in [-0.15, -0.1) is 0 Å². The van der Waals surface area contributed by atoms with Crippen LogP contribution in [0.15, 0.2) is 36.4 Å². The number of methoxy groups -OCH3 is 1. The molecule has 3 aliphatic rings. The lowest BCUT2D eigenvalue weighted by molar-refractivity contribution is -0.151. The summed E-state index contributed by atoms with van der Waals surface area (Å²) < 4.78 is 30.8. The van der Waals surface area contributed by atoms with E-state index in [1.807, 2.05) is 13.0 Å². The van der Waals surface area contributed by atoms with E-state index in [4.69, 9.17) is 5.26 Å². The zero-order valence-electron chi connectivity index (χ0n) is 27.3. The summed E-state index contributed by atoms with van der Waals surface area (Å²) in [6.45, 7) is 4.00. The van der Waals surface area contributed by atoms with Crippen LogP contribution in [0.4, 0.5) is 14.6 Å². The van der Waals surface area contributed by atoms with Crippen molar-refractivity contribution in [2.45, 2.75) is 83.4 Å². The maximum Gasteiger partial charge on any atom is 0.330 e. The number of esters is 1. The number of carbonyl (C=O) groups is 4. The zero-order valence-corrected chi connectivity index (χ0v) is 27.3. The van der Waals surface area contributed by atoms with Crippen molar-refractivity contribution in [2.75, 3.05) is 32.1 Å². The third-order valence-corrected chi connectivity index (χ3v) is 8.61. The predicted molar refractivity (Wildman–Crippen MR) is 174 cm³/mol. The normalized spacial score (nSPS) is 17.6. The standard InChI is InChI=1S/C16H18FN3O5.C13H17FO.C5H8BN/c1-10(22)18-13-6-11(5-12(17)7-13)15(23)19-3-4-20(9-21)14(8-19)16(24)25-2;1-10-7-8-13(15-14)12(9-10)11-5-3-2-4-6-11;7-5-6-3-1-2-4-6/h5-7,9,14H,3-4,8H2,1-2H3,(H,18,22);7-9,11H,2-6H2,1H3;1-4H2. The molecule has 2 heterocycles. The minimum absolute atomic E-state index is 0.0342. The average molecular weight is 653 g/mol. The zero-order chi connectivity index (χ0) is 34.3. The largest absolute Gasteiger partial charge is 0.467 e. The van der Waals surface area contributed by atoms with Crippen molar-refractivity contribution < 1.29 is 37.8 Å². The van der Waals surface area contributed by atoms with E-state index < -0.39 is 29.6 Å². The van der Waals surface area contributed by atoms with E-state index in [9.17, 15) is 28.1 Å². The third-order valence-electron chi connectivity index (χ3n) is 8.61. The maximum absolute atomic E-state index is 13.7. The molecule has 3 amide bonds. The van der Waals surface area contributed by atoms with Crippen LogP contribution in [0.3, 0.4) is 0 Å². The summed E-state index contributed by atoms with van der Waals surface area (Å²) >= 11 is 0. The summed E-state index contributed by atoms with van der Waals surface area (Å²) in [5.41, 5.74) is 2.42. The highest BCUT2D eigenvalue weighted by Crippen LogP contribution is 2.38. The van der Waals surface area contributed by atoms with Crippen molar-refractivity contribution in [1.29, 1.82) is 5.26 Å². The van der Waals surface area contributed by atoms with Gasteiger partial charge in [0.2, 0.25) is 12.3 Å². The van der Waals surface area contributed by atoms with Gasteiger partial charge in [-0.2, -0.15) is 0 Å². The number of hydrogen-bond donors (Lipinski definition) is 1. The highest BCUT2D eigenvalue weighted by atomic mass is 19.3.